The molecule has 0 radical (unpaired) electrons. The van der Waals surface area contributed by atoms with Crippen LogP contribution in [0.3, 0.4) is 0 Å². The Hall–Kier alpha value is -1.56. The SMILES string of the molecule is Cc1cc2ccc1CCc1ccc(c(C(C)C)c1)CC2. The molecule has 0 nitrogen and oxygen atoms in total. The van der Waals surface area contributed by atoms with Crippen molar-refractivity contribution in [2.75, 3.05) is 0 Å². The smallest absolute Gasteiger partial charge is 0.0216 e. The lowest BCUT2D eigenvalue weighted by Crippen LogP contribution is -2.04. The Labute approximate surface area is 122 Å². The Kier molecular flexibility index (Phi) is 3.65. The number of hydrogen-bond acceptors (Lipinski definition) is 0. The van der Waals surface area contributed by atoms with E-state index in [1.165, 1.54) is 27.8 Å². The van der Waals surface area contributed by atoms with Crippen molar-refractivity contribution in [3.05, 3.63) is 69.8 Å². The van der Waals surface area contributed by atoms with Gasteiger partial charge in [-0.3, -0.25) is 0 Å². The van der Waals surface area contributed by atoms with E-state index in [2.05, 4.69) is 57.2 Å². The molecule has 4 aliphatic carbocycles. The number of benzene rings is 2. The molecular formula is C20H24. The Morgan fingerprint density at radius 3 is 2.00 bits per heavy atom. The van der Waals surface area contributed by atoms with Crippen molar-refractivity contribution < 1.29 is 0 Å². The molecule has 0 saturated carbocycles. The summed E-state index contributed by atoms with van der Waals surface area (Å²) in [5.74, 6) is 0.621. The second-order valence-electron chi connectivity index (χ2n) is 6.45. The third-order valence-electron chi connectivity index (χ3n) is 4.61. The fraction of sp³-hybridized carbons (Fsp3) is 0.400. The first-order valence-electron chi connectivity index (χ1n) is 7.83. The molecule has 0 heteroatoms. The fourth-order valence-corrected chi connectivity index (χ4v) is 3.32. The summed E-state index contributed by atoms with van der Waals surface area (Å²) in [6, 6.07) is 14.2. The molecule has 4 bridgehead atoms. The van der Waals surface area contributed by atoms with E-state index in [4.69, 9.17) is 0 Å². The van der Waals surface area contributed by atoms with Crippen LogP contribution in [-0.4, -0.2) is 0 Å². The molecule has 0 amide bonds. The molecule has 0 atom stereocenters. The summed E-state index contributed by atoms with van der Waals surface area (Å²) >= 11 is 0. The van der Waals surface area contributed by atoms with Gasteiger partial charge in [-0.05, 0) is 71.9 Å². The van der Waals surface area contributed by atoms with E-state index in [0.717, 1.165) is 25.7 Å². The highest BCUT2D eigenvalue weighted by Gasteiger charge is 2.11. The van der Waals surface area contributed by atoms with Gasteiger partial charge in [0.15, 0.2) is 0 Å². The van der Waals surface area contributed by atoms with E-state index < -0.39 is 0 Å². The van der Waals surface area contributed by atoms with E-state index in [0.29, 0.717) is 5.92 Å². The molecule has 20 heavy (non-hydrogen) atoms. The van der Waals surface area contributed by atoms with Crippen molar-refractivity contribution in [2.24, 2.45) is 0 Å². The number of rotatable bonds is 1. The third kappa shape index (κ3) is 2.65. The van der Waals surface area contributed by atoms with Crippen LogP contribution in [0.15, 0.2) is 36.4 Å². The Morgan fingerprint density at radius 1 is 0.750 bits per heavy atom. The van der Waals surface area contributed by atoms with Gasteiger partial charge in [0.05, 0.1) is 0 Å². The predicted molar refractivity (Wildman–Crippen MR) is 86.5 cm³/mol. The minimum atomic E-state index is 0.621. The lowest BCUT2D eigenvalue weighted by molar-refractivity contribution is 0.817. The molecule has 2 aromatic carbocycles. The largest absolute Gasteiger partial charge is 0.0587 e. The normalized spacial score (nSPS) is 14.4. The summed E-state index contributed by atoms with van der Waals surface area (Å²) < 4.78 is 0. The van der Waals surface area contributed by atoms with Crippen LogP contribution in [0, 0.1) is 6.92 Å². The Balaban J connectivity index is 2.03. The van der Waals surface area contributed by atoms with Gasteiger partial charge < -0.3 is 0 Å². The number of hydrogen-bond donors (Lipinski definition) is 0. The minimum absolute atomic E-state index is 0.621. The van der Waals surface area contributed by atoms with Crippen LogP contribution in [0.25, 0.3) is 0 Å². The first kappa shape index (κ1) is 13.4. The molecule has 0 unspecified atom stereocenters. The summed E-state index contributed by atoms with van der Waals surface area (Å²) in [5, 5.41) is 0. The summed E-state index contributed by atoms with van der Waals surface area (Å²) in [6.45, 7) is 6.88. The highest BCUT2D eigenvalue weighted by molar-refractivity contribution is 5.38. The van der Waals surface area contributed by atoms with Crippen LogP contribution in [0.5, 0.6) is 0 Å². The summed E-state index contributed by atoms with van der Waals surface area (Å²) in [6.07, 6.45) is 4.62. The van der Waals surface area contributed by atoms with Crippen molar-refractivity contribution in [1.29, 1.82) is 0 Å². The second kappa shape index (κ2) is 5.44. The molecule has 104 valence electrons. The monoisotopic (exact) mass is 264 g/mol. The van der Waals surface area contributed by atoms with E-state index in [9.17, 15) is 0 Å². The van der Waals surface area contributed by atoms with E-state index in [1.807, 2.05) is 0 Å². The highest BCUT2D eigenvalue weighted by Crippen LogP contribution is 2.25. The van der Waals surface area contributed by atoms with Gasteiger partial charge in [0, 0.05) is 0 Å². The quantitative estimate of drug-likeness (QED) is 0.679. The van der Waals surface area contributed by atoms with Crippen LogP contribution in [-0.2, 0) is 25.7 Å². The van der Waals surface area contributed by atoms with Crippen molar-refractivity contribution in [3.63, 3.8) is 0 Å². The minimum Gasteiger partial charge on any atom is -0.0587 e. The van der Waals surface area contributed by atoms with Crippen LogP contribution in [0.1, 0.15) is 53.1 Å². The van der Waals surface area contributed by atoms with Crippen molar-refractivity contribution >= 4 is 0 Å². The average Bonchev–Trinajstić information content (AvgIpc) is 2.42. The molecule has 0 aromatic heterocycles. The number of aryl methyl sites for hydroxylation is 5. The molecular weight excluding hydrogens is 240 g/mol. The molecule has 2 aromatic rings. The van der Waals surface area contributed by atoms with E-state index in [1.54, 1.807) is 5.56 Å². The average molecular weight is 264 g/mol. The molecule has 0 saturated heterocycles. The second-order valence-corrected chi connectivity index (χ2v) is 6.45. The van der Waals surface area contributed by atoms with Gasteiger partial charge in [-0.1, -0.05) is 50.2 Å². The lowest BCUT2D eigenvalue weighted by Gasteiger charge is -2.17. The predicted octanol–water partition coefficient (Wildman–Crippen LogP) is 5.00. The van der Waals surface area contributed by atoms with Crippen molar-refractivity contribution in [2.45, 2.75) is 52.4 Å². The maximum absolute atomic E-state index is 2.45. The zero-order chi connectivity index (χ0) is 14.1. The zero-order valence-electron chi connectivity index (χ0n) is 12.9. The molecule has 0 N–H and O–H groups in total. The zero-order valence-corrected chi connectivity index (χ0v) is 12.9. The van der Waals surface area contributed by atoms with Gasteiger partial charge in [-0.2, -0.15) is 0 Å². The van der Waals surface area contributed by atoms with E-state index in [-0.39, 0.29) is 0 Å². The summed E-state index contributed by atoms with van der Waals surface area (Å²) in [4.78, 5) is 0. The van der Waals surface area contributed by atoms with Crippen LogP contribution < -0.4 is 0 Å². The third-order valence-corrected chi connectivity index (χ3v) is 4.61. The molecule has 6 rings (SSSR count). The fourth-order valence-electron chi connectivity index (χ4n) is 3.32. The van der Waals surface area contributed by atoms with Crippen LogP contribution in [0.4, 0.5) is 0 Å². The molecule has 0 spiro atoms. The van der Waals surface area contributed by atoms with Crippen molar-refractivity contribution in [3.8, 4) is 0 Å². The molecule has 4 aliphatic rings. The van der Waals surface area contributed by atoms with Gasteiger partial charge in [0.25, 0.3) is 0 Å². The highest BCUT2D eigenvalue weighted by atomic mass is 14.2. The van der Waals surface area contributed by atoms with Gasteiger partial charge in [0.1, 0.15) is 0 Å². The summed E-state index contributed by atoms with van der Waals surface area (Å²) in [7, 11) is 0. The van der Waals surface area contributed by atoms with Crippen molar-refractivity contribution in [1.82, 2.24) is 0 Å². The standard InChI is InChI=1S/C20H24/c1-14(2)20-13-17-5-9-18-8-4-16(12-15(18)3)6-10-19(20)11-7-17/h4,7-8,11-14H,5-6,9-10H2,1-3H3. The first-order valence-corrected chi connectivity index (χ1v) is 7.83. The van der Waals surface area contributed by atoms with Gasteiger partial charge in [-0.15, -0.1) is 0 Å². The lowest BCUT2D eigenvalue weighted by atomic mass is 9.88. The van der Waals surface area contributed by atoms with Gasteiger partial charge in [0.2, 0.25) is 0 Å². The summed E-state index contributed by atoms with van der Waals surface area (Å²) in [5.41, 5.74) is 9.01. The van der Waals surface area contributed by atoms with Crippen LogP contribution >= 0.6 is 0 Å². The van der Waals surface area contributed by atoms with Gasteiger partial charge >= 0.3 is 0 Å². The van der Waals surface area contributed by atoms with E-state index >= 15 is 0 Å². The molecule has 0 aliphatic heterocycles. The van der Waals surface area contributed by atoms with Gasteiger partial charge in [-0.25, -0.2) is 0 Å². The molecule has 0 fully saturated rings. The maximum Gasteiger partial charge on any atom is -0.0216 e. The van der Waals surface area contributed by atoms with Crippen LogP contribution in [0.2, 0.25) is 0 Å². The first-order chi connectivity index (χ1) is 9.63. The Morgan fingerprint density at radius 2 is 1.35 bits per heavy atom. The Bertz CT molecular complexity index is 620. The topological polar surface area (TPSA) is 0 Å². The molecule has 0 heterocycles. The maximum atomic E-state index is 2.45.